The molecule has 1 atom stereocenters. The Morgan fingerprint density at radius 2 is 2.00 bits per heavy atom. The van der Waals surface area contributed by atoms with E-state index >= 15 is 0 Å². The lowest BCUT2D eigenvalue weighted by molar-refractivity contribution is 0.623. The highest BCUT2D eigenvalue weighted by Crippen LogP contribution is 2.29. The molecule has 0 aromatic heterocycles. The summed E-state index contributed by atoms with van der Waals surface area (Å²) in [4.78, 5) is 0. The Morgan fingerprint density at radius 1 is 1.21 bits per heavy atom. The van der Waals surface area contributed by atoms with E-state index in [9.17, 15) is 4.39 Å². The molecular weight excluding hydrogens is 261 g/mol. The van der Waals surface area contributed by atoms with Crippen LogP contribution in [0, 0.1) is 5.82 Å². The van der Waals surface area contributed by atoms with E-state index in [1.807, 2.05) is 13.1 Å². The van der Waals surface area contributed by atoms with Gasteiger partial charge in [0.05, 0.1) is 6.04 Å². The van der Waals surface area contributed by atoms with Crippen LogP contribution in [0.3, 0.4) is 0 Å². The first-order valence-corrected chi connectivity index (χ1v) is 6.74. The van der Waals surface area contributed by atoms with Crippen molar-refractivity contribution in [2.75, 3.05) is 7.05 Å². The molecule has 0 saturated heterocycles. The monoisotopic (exact) mass is 277 g/mol. The number of hydrogen-bond donors (Lipinski definition) is 1. The summed E-state index contributed by atoms with van der Waals surface area (Å²) in [6.07, 6.45) is 0.988. The van der Waals surface area contributed by atoms with E-state index in [0.717, 1.165) is 17.5 Å². The molecule has 0 saturated carbocycles. The smallest absolute Gasteiger partial charge is 0.124 e. The van der Waals surface area contributed by atoms with Gasteiger partial charge in [-0.25, -0.2) is 4.39 Å². The third-order valence-electron chi connectivity index (χ3n) is 3.25. The van der Waals surface area contributed by atoms with Gasteiger partial charge in [-0.15, -0.1) is 0 Å². The lowest BCUT2D eigenvalue weighted by Gasteiger charge is -2.19. The molecule has 0 radical (unpaired) electrons. The summed E-state index contributed by atoms with van der Waals surface area (Å²) < 4.78 is 13.1. The van der Waals surface area contributed by atoms with E-state index in [4.69, 9.17) is 11.6 Å². The van der Waals surface area contributed by atoms with E-state index in [-0.39, 0.29) is 11.9 Å². The first-order chi connectivity index (χ1) is 9.15. The van der Waals surface area contributed by atoms with Crippen molar-refractivity contribution in [3.8, 4) is 0 Å². The van der Waals surface area contributed by atoms with Crippen LogP contribution in [0.15, 0.2) is 42.5 Å². The fourth-order valence-corrected chi connectivity index (χ4v) is 2.51. The van der Waals surface area contributed by atoms with Crippen molar-refractivity contribution in [1.82, 2.24) is 5.32 Å². The third-order valence-corrected chi connectivity index (χ3v) is 3.58. The van der Waals surface area contributed by atoms with E-state index in [0.29, 0.717) is 5.02 Å². The van der Waals surface area contributed by atoms with Gasteiger partial charge in [-0.3, -0.25) is 0 Å². The minimum atomic E-state index is -0.314. The summed E-state index contributed by atoms with van der Waals surface area (Å²) in [6, 6.07) is 12.8. The van der Waals surface area contributed by atoms with Crippen molar-refractivity contribution < 1.29 is 4.39 Å². The molecule has 1 unspecified atom stereocenters. The Hall–Kier alpha value is -1.38. The second-order valence-electron chi connectivity index (χ2n) is 4.49. The average molecular weight is 278 g/mol. The number of nitrogens with one attached hydrogen (secondary N) is 1. The van der Waals surface area contributed by atoms with E-state index in [2.05, 4.69) is 30.4 Å². The Kier molecular flexibility index (Phi) is 4.56. The molecule has 0 amide bonds. The van der Waals surface area contributed by atoms with Crippen LogP contribution in [0.5, 0.6) is 0 Å². The highest BCUT2D eigenvalue weighted by molar-refractivity contribution is 6.31. The summed E-state index contributed by atoms with van der Waals surface area (Å²) in [5, 5.41) is 3.68. The maximum absolute atomic E-state index is 13.1. The molecule has 0 spiro atoms. The van der Waals surface area contributed by atoms with Gasteiger partial charge in [0.2, 0.25) is 0 Å². The number of benzene rings is 2. The molecule has 1 nitrogen and oxygen atoms in total. The van der Waals surface area contributed by atoms with Gasteiger partial charge in [0.25, 0.3) is 0 Å². The minimum absolute atomic E-state index is 0.0281. The fraction of sp³-hybridized carbons (Fsp3) is 0.250. The first kappa shape index (κ1) is 14.0. The molecule has 2 aromatic carbocycles. The van der Waals surface area contributed by atoms with Crippen LogP contribution in [-0.2, 0) is 6.42 Å². The van der Waals surface area contributed by atoms with Gasteiger partial charge in [0.1, 0.15) is 5.82 Å². The quantitative estimate of drug-likeness (QED) is 0.876. The van der Waals surface area contributed by atoms with Gasteiger partial charge in [0.15, 0.2) is 0 Å². The second kappa shape index (κ2) is 6.18. The van der Waals surface area contributed by atoms with Gasteiger partial charge in [-0.05, 0) is 42.3 Å². The van der Waals surface area contributed by atoms with Crippen molar-refractivity contribution in [3.05, 3.63) is 70.0 Å². The predicted molar refractivity (Wildman–Crippen MR) is 78.1 cm³/mol. The summed E-state index contributed by atoms with van der Waals surface area (Å²) in [5.41, 5.74) is 3.30. The zero-order valence-corrected chi connectivity index (χ0v) is 11.8. The number of hydrogen-bond acceptors (Lipinski definition) is 1. The molecule has 0 aliphatic carbocycles. The molecule has 2 rings (SSSR count). The molecule has 0 heterocycles. The molecule has 1 N–H and O–H groups in total. The maximum Gasteiger partial charge on any atom is 0.124 e. The van der Waals surface area contributed by atoms with Crippen molar-refractivity contribution in [2.45, 2.75) is 19.4 Å². The zero-order chi connectivity index (χ0) is 13.8. The largest absolute Gasteiger partial charge is 0.309 e. The Bertz CT molecular complexity index is 568. The highest BCUT2D eigenvalue weighted by atomic mass is 35.5. The normalized spacial score (nSPS) is 12.4. The topological polar surface area (TPSA) is 12.0 Å². The minimum Gasteiger partial charge on any atom is -0.309 e. The van der Waals surface area contributed by atoms with E-state index < -0.39 is 0 Å². The number of aryl methyl sites for hydroxylation is 1. The van der Waals surface area contributed by atoms with Crippen LogP contribution < -0.4 is 5.32 Å². The van der Waals surface area contributed by atoms with Gasteiger partial charge in [-0.1, -0.05) is 48.9 Å². The zero-order valence-electron chi connectivity index (χ0n) is 11.1. The standard InChI is InChI=1S/C16H17ClFN/c1-3-11-5-4-6-12(9-11)16(19-2)14-8-7-13(18)10-15(14)17/h4-10,16,19H,3H2,1-2H3. The SMILES string of the molecule is CCc1cccc(C(NC)c2ccc(F)cc2Cl)c1. The van der Waals surface area contributed by atoms with Crippen LogP contribution in [-0.4, -0.2) is 7.05 Å². The lowest BCUT2D eigenvalue weighted by Crippen LogP contribution is -2.18. The Labute approximate surface area is 118 Å². The molecule has 2 aromatic rings. The Morgan fingerprint density at radius 3 is 2.63 bits per heavy atom. The molecule has 3 heteroatoms. The molecule has 0 aliphatic heterocycles. The summed E-state index contributed by atoms with van der Waals surface area (Å²) in [7, 11) is 1.88. The lowest BCUT2D eigenvalue weighted by atomic mass is 9.96. The summed E-state index contributed by atoms with van der Waals surface area (Å²) in [5.74, 6) is -0.314. The summed E-state index contributed by atoms with van der Waals surface area (Å²) >= 11 is 6.15. The van der Waals surface area contributed by atoms with Crippen molar-refractivity contribution >= 4 is 11.6 Å². The maximum atomic E-state index is 13.1. The third kappa shape index (κ3) is 3.14. The second-order valence-corrected chi connectivity index (χ2v) is 4.89. The van der Waals surface area contributed by atoms with Crippen LogP contribution in [0.2, 0.25) is 5.02 Å². The molecule has 0 bridgehead atoms. The van der Waals surface area contributed by atoms with E-state index in [1.165, 1.54) is 17.7 Å². The van der Waals surface area contributed by atoms with Crippen LogP contribution in [0.25, 0.3) is 0 Å². The van der Waals surface area contributed by atoms with Crippen LogP contribution in [0.4, 0.5) is 4.39 Å². The average Bonchev–Trinajstić information content (AvgIpc) is 2.42. The van der Waals surface area contributed by atoms with Gasteiger partial charge in [0, 0.05) is 5.02 Å². The predicted octanol–water partition coefficient (Wildman–Crippen LogP) is 4.35. The van der Waals surface area contributed by atoms with Crippen molar-refractivity contribution in [2.24, 2.45) is 0 Å². The molecule has 19 heavy (non-hydrogen) atoms. The van der Waals surface area contributed by atoms with Crippen molar-refractivity contribution in [1.29, 1.82) is 0 Å². The fourth-order valence-electron chi connectivity index (χ4n) is 2.23. The van der Waals surface area contributed by atoms with Gasteiger partial charge >= 0.3 is 0 Å². The molecular formula is C16H17ClFN. The van der Waals surface area contributed by atoms with Crippen molar-refractivity contribution in [3.63, 3.8) is 0 Å². The van der Waals surface area contributed by atoms with Gasteiger partial charge < -0.3 is 5.32 Å². The molecule has 0 aliphatic rings. The van der Waals surface area contributed by atoms with Crippen LogP contribution >= 0.6 is 11.6 Å². The summed E-state index contributed by atoms with van der Waals surface area (Å²) in [6.45, 7) is 2.12. The number of rotatable bonds is 4. The Balaban J connectivity index is 2.43. The number of halogens is 2. The first-order valence-electron chi connectivity index (χ1n) is 6.36. The molecule has 0 fully saturated rings. The van der Waals surface area contributed by atoms with Gasteiger partial charge in [-0.2, -0.15) is 0 Å². The molecule has 100 valence electrons. The highest BCUT2D eigenvalue weighted by Gasteiger charge is 2.15. The van der Waals surface area contributed by atoms with E-state index in [1.54, 1.807) is 6.07 Å². The van der Waals surface area contributed by atoms with Crippen LogP contribution in [0.1, 0.15) is 29.7 Å².